The second kappa shape index (κ2) is 6.31. The smallest absolute Gasteiger partial charge is 0.271 e. The van der Waals surface area contributed by atoms with E-state index in [0.717, 1.165) is 35.8 Å². The number of nitrogens with zero attached hydrogens (tertiary/aromatic N) is 3. The summed E-state index contributed by atoms with van der Waals surface area (Å²) in [5.74, 6) is -0.453. The molecule has 0 atom stereocenters. The first-order valence-electron chi connectivity index (χ1n) is 6.96. The van der Waals surface area contributed by atoms with Crippen molar-refractivity contribution in [3.63, 3.8) is 0 Å². The summed E-state index contributed by atoms with van der Waals surface area (Å²) >= 11 is 1.16. The van der Waals surface area contributed by atoms with E-state index >= 15 is 0 Å². The highest BCUT2D eigenvalue weighted by Crippen LogP contribution is 2.30. The molecular formula is C14H11N5O5S2. The second-order valence-electron chi connectivity index (χ2n) is 5.25. The molecular weight excluding hydrogens is 382 g/mol. The van der Waals surface area contributed by atoms with Gasteiger partial charge < -0.3 is 11.1 Å². The van der Waals surface area contributed by atoms with Crippen molar-refractivity contribution in [2.24, 2.45) is 0 Å². The van der Waals surface area contributed by atoms with Gasteiger partial charge in [0.15, 0.2) is 9.84 Å². The van der Waals surface area contributed by atoms with Gasteiger partial charge in [-0.25, -0.2) is 18.4 Å². The van der Waals surface area contributed by atoms with E-state index in [0.29, 0.717) is 10.2 Å². The first kappa shape index (κ1) is 17.7. The second-order valence-corrected chi connectivity index (χ2v) is 8.11. The van der Waals surface area contributed by atoms with Crippen molar-refractivity contribution in [3.8, 4) is 0 Å². The lowest BCUT2D eigenvalue weighted by Crippen LogP contribution is -2.15. The standard InChI is InChI=1S/C14H11N5O5S2/c1-26(23,24)10-3-2-7(19(21)22)4-9(10)18-14(20)8-5-25-12-11(8)16-6-17-13(12)15/h2-6H,1H3,(H,18,20)(H2,15,16,17). The number of hydrogen-bond donors (Lipinski definition) is 2. The summed E-state index contributed by atoms with van der Waals surface area (Å²) in [4.78, 5) is 30.5. The summed E-state index contributed by atoms with van der Waals surface area (Å²) in [6, 6.07) is 3.13. The van der Waals surface area contributed by atoms with Gasteiger partial charge in [-0.05, 0) is 6.07 Å². The van der Waals surface area contributed by atoms with Crippen molar-refractivity contribution in [3.05, 3.63) is 45.6 Å². The summed E-state index contributed by atoms with van der Waals surface area (Å²) in [5, 5.41) is 14.9. The maximum Gasteiger partial charge on any atom is 0.271 e. The van der Waals surface area contributed by atoms with Crippen LogP contribution in [0.4, 0.5) is 17.2 Å². The Bertz CT molecular complexity index is 1160. The summed E-state index contributed by atoms with van der Waals surface area (Å²) < 4.78 is 24.3. The number of nitrogen functional groups attached to an aromatic ring is 1. The van der Waals surface area contributed by atoms with Gasteiger partial charge in [0.25, 0.3) is 11.6 Å². The van der Waals surface area contributed by atoms with Crippen LogP contribution in [0.25, 0.3) is 10.2 Å². The van der Waals surface area contributed by atoms with Crippen molar-refractivity contribution in [2.45, 2.75) is 4.90 Å². The van der Waals surface area contributed by atoms with Crippen molar-refractivity contribution in [2.75, 3.05) is 17.3 Å². The fourth-order valence-corrected chi connectivity index (χ4v) is 4.00. The summed E-state index contributed by atoms with van der Waals surface area (Å²) in [5.41, 5.74) is 5.66. The number of nitro benzene ring substituents is 1. The number of fused-ring (bicyclic) bond motifs is 1. The van der Waals surface area contributed by atoms with Gasteiger partial charge in [-0.1, -0.05) is 0 Å². The lowest BCUT2D eigenvalue weighted by Gasteiger charge is -2.09. The number of hydrogen-bond acceptors (Lipinski definition) is 9. The molecule has 3 rings (SSSR count). The number of sulfone groups is 1. The highest BCUT2D eigenvalue weighted by molar-refractivity contribution is 7.90. The minimum Gasteiger partial charge on any atom is -0.382 e. The molecule has 0 saturated heterocycles. The van der Waals surface area contributed by atoms with Gasteiger partial charge in [-0.2, -0.15) is 0 Å². The minimum atomic E-state index is -3.72. The monoisotopic (exact) mass is 393 g/mol. The molecule has 0 radical (unpaired) electrons. The first-order valence-corrected chi connectivity index (χ1v) is 9.73. The van der Waals surface area contributed by atoms with Crippen LogP contribution in [-0.2, 0) is 9.84 Å². The van der Waals surface area contributed by atoms with Crippen LogP contribution in [0.5, 0.6) is 0 Å². The third-order valence-corrected chi connectivity index (χ3v) is 5.59. The number of nitrogens with one attached hydrogen (secondary N) is 1. The molecule has 2 heterocycles. The Morgan fingerprint density at radius 1 is 1.35 bits per heavy atom. The van der Waals surface area contributed by atoms with Crippen LogP contribution < -0.4 is 11.1 Å². The maximum atomic E-state index is 12.6. The number of carbonyl (C=O) groups excluding carboxylic acids is 1. The quantitative estimate of drug-likeness (QED) is 0.502. The zero-order valence-electron chi connectivity index (χ0n) is 13.2. The maximum absolute atomic E-state index is 12.6. The fourth-order valence-electron chi connectivity index (χ4n) is 2.27. The number of thiophene rings is 1. The Hall–Kier alpha value is -3.12. The van der Waals surface area contributed by atoms with E-state index < -0.39 is 20.7 Å². The van der Waals surface area contributed by atoms with Crippen molar-refractivity contribution in [1.82, 2.24) is 9.97 Å². The van der Waals surface area contributed by atoms with Crippen molar-refractivity contribution < 1.29 is 18.1 Å². The molecule has 10 nitrogen and oxygen atoms in total. The van der Waals surface area contributed by atoms with Gasteiger partial charge in [0, 0.05) is 23.8 Å². The molecule has 3 N–H and O–H groups in total. The third-order valence-electron chi connectivity index (χ3n) is 3.45. The molecule has 0 bridgehead atoms. The molecule has 0 unspecified atom stereocenters. The van der Waals surface area contributed by atoms with E-state index in [4.69, 9.17) is 5.73 Å². The highest BCUT2D eigenvalue weighted by Gasteiger charge is 2.22. The predicted octanol–water partition coefficient (Wildman–Crippen LogP) is 1.84. The molecule has 0 aliphatic rings. The third kappa shape index (κ3) is 3.19. The van der Waals surface area contributed by atoms with Crippen molar-refractivity contribution in [1.29, 1.82) is 0 Å². The van der Waals surface area contributed by atoms with Gasteiger partial charge >= 0.3 is 0 Å². The van der Waals surface area contributed by atoms with Crippen LogP contribution in [0.2, 0.25) is 0 Å². The zero-order chi connectivity index (χ0) is 19.1. The van der Waals surface area contributed by atoms with Crippen LogP contribution >= 0.6 is 11.3 Å². The highest BCUT2D eigenvalue weighted by atomic mass is 32.2. The Labute approximate surface area is 150 Å². The predicted molar refractivity (Wildman–Crippen MR) is 96.0 cm³/mol. The van der Waals surface area contributed by atoms with E-state index in [9.17, 15) is 23.3 Å². The number of anilines is 2. The summed E-state index contributed by atoms with van der Waals surface area (Å²) in [6.07, 6.45) is 2.15. The molecule has 12 heteroatoms. The van der Waals surface area contributed by atoms with E-state index in [1.807, 2.05) is 0 Å². The van der Waals surface area contributed by atoms with Crippen LogP contribution in [0.15, 0.2) is 34.8 Å². The number of nitrogens with two attached hydrogens (primary N) is 1. The fraction of sp³-hybridized carbons (Fsp3) is 0.0714. The average molecular weight is 393 g/mol. The number of rotatable bonds is 4. The number of nitro groups is 1. The Morgan fingerprint density at radius 3 is 2.73 bits per heavy atom. The van der Waals surface area contributed by atoms with Crippen LogP contribution in [-0.4, -0.2) is 35.5 Å². The van der Waals surface area contributed by atoms with Gasteiger partial charge in [0.1, 0.15) is 12.1 Å². The number of non-ortho nitro benzene ring substituents is 1. The van der Waals surface area contributed by atoms with Crippen LogP contribution in [0.3, 0.4) is 0 Å². The molecule has 1 aromatic carbocycles. The lowest BCUT2D eigenvalue weighted by molar-refractivity contribution is -0.384. The topological polar surface area (TPSA) is 158 Å². The van der Waals surface area contributed by atoms with E-state index in [1.165, 1.54) is 11.7 Å². The Kier molecular flexibility index (Phi) is 4.29. The molecule has 1 amide bonds. The molecule has 134 valence electrons. The molecule has 0 aliphatic heterocycles. The van der Waals surface area contributed by atoms with Gasteiger partial charge in [0.05, 0.1) is 31.3 Å². The summed E-state index contributed by atoms with van der Waals surface area (Å²) in [6.45, 7) is 0. The molecule has 2 aromatic heterocycles. The van der Waals surface area contributed by atoms with E-state index in [2.05, 4.69) is 15.3 Å². The number of benzene rings is 1. The van der Waals surface area contributed by atoms with Gasteiger partial charge in [-0.15, -0.1) is 11.3 Å². The van der Waals surface area contributed by atoms with Gasteiger partial charge in [0.2, 0.25) is 0 Å². The largest absolute Gasteiger partial charge is 0.382 e. The van der Waals surface area contributed by atoms with E-state index in [1.54, 1.807) is 0 Å². The SMILES string of the molecule is CS(=O)(=O)c1ccc([N+](=O)[O-])cc1NC(=O)c1csc2c(N)ncnc12. The molecule has 0 aliphatic carbocycles. The Balaban J connectivity index is 2.07. The summed E-state index contributed by atoms with van der Waals surface area (Å²) in [7, 11) is -3.72. The first-order chi connectivity index (χ1) is 12.2. The van der Waals surface area contributed by atoms with Crippen LogP contribution in [0, 0.1) is 10.1 Å². The zero-order valence-corrected chi connectivity index (χ0v) is 14.8. The van der Waals surface area contributed by atoms with E-state index in [-0.39, 0.29) is 27.7 Å². The normalized spacial score (nSPS) is 11.4. The lowest BCUT2D eigenvalue weighted by atomic mass is 10.2. The number of amides is 1. The average Bonchev–Trinajstić information content (AvgIpc) is 2.99. The molecule has 3 aromatic rings. The van der Waals surface area contributed by atoms with Crippen LogP contribution in [0.1, 0.15) is 10.4 Å². The molecule has 0 fully saturated rings. The molecule has 0 spiro atoms. The number of aromatic nitrogens is 2. The number of carbonyl (C=O) groups is 1. The Morgan fingerprint density at radius 2 is 2.08 bits per heavy atom. The molecule has 26 heavy (non-hydrogen) atoms. The van der Waals surface area contributed by atoms with Gasteiger partial charge in [-0.3, -0.25) is 14.9 Å². The molecule has 0 saturated carbocycles. The van der Waals surface area contributed by atoms with Crippen molar-refractivity contribution >= 4 is 54.5 Å². The minimum absolute atomic E-state index is 0.157.